The number of ether oxygens (including phenoxy) is 2. The molecule has 2 rings (SSSR count). The van der Waals surface area contributed by atoms with Crippen molar-refractivity contribution in [3.05, 3.63) is 39.9 Å². The molecule has 0 aromatic carbocycles. The van der Waals surface area contributed by atoms with E-state index < -0.39 is 24.0 Å². The minimum atomic E-state index is -0.649. The summed E-state index contributed by atoms with van der Waals surface area (Å²) in [5.74, 6) is -0.757. The van der Waals surface area contributed by atoms with Crippen molar-refractivity contribution >= 4 is 40.0 Å². The summed E-state index contributed by atoms with van der Waals surface area (Å²) in [6, 6.07) is 2.32. The number of rotatable bonds is 6. The highest BCUT2D eigenvalue weighted by molar-refractivity contribution is 9.10. The van der Waals surface area contributed by atoms with E-state index in [0.717, 1.165) is 0 Å². The van der Waals surface area contributed by atoms with Gasteiger partial charge in [0.15, 0.2) is 4.67 Å². The highest BCUT2D eigenvalue weighted by atomic mass is 79.9. The van der Waals surface area contributed by atoms with E-state index in [1.807, 2.05) is 0 Å². The minimum absolute atomic E-state index is 0.192. The van der Waals surface area contributed by atoms with E-state index in [9.17, 15) is 14.4 Å². The molecule has 9 heteroatoms. The molecule has 134 valence electrons. The average Bonchev–Trinajstić information content (AvgIpc) is 2.96. The number of esters is 2. The molecule has 0 unspecified atom stereocenters. The maximum Gasteiger partial charge on any atom is 0.338 e. The molecule has 2 amide bonds. The van der Waals surface area contributed by atoms with Gasteiger partial charge in [0, 0.05) is 6.08 Å². The first-order valence-corrected chi connectivity index (χ1v) is 8.27. The predicted molar refractivity (Wildman–Crippen MR) is 91.2 cm³/mol. The second kappa shape index (κ2) is 8.52. The molecular formula is C16H17BrN2O6. The molecule has 1 aromatic rings. The first-order chi connectivity index (χ1) is 11.9. The lowest BCUT2D eigenvalue weighted by molar-refractivity contribution is -0.140. The molecule has 8 nitrogen and oxygen atoms in total. The molecule has 1 aromatic heterocycles. The highest BCUT2D eigenvalue weighted by Crippen LogP contribution is 2.16. The third-order valence-corrected chi connectivity index (χ3v) is 3.63. The summed E-state index contributed by atoms with van der Waals surface area (Å²) in [7, 11) is 0. The Balaban J connectivity index is 2.05. The number of hydrogen-bond acceptors (Lipinski definition) is 6. The van der Waals surface area contributed by atoms with Gasteiger partial charge in [-0.2, -0.15) is 0 Å². The molecule has 2 N–H and O–H groups in total. The topological polar surface area (TPSA) is 107 Å². The van der Waals surface area contributed by atoms with E-state index in [-0.39, 0.29) is 24.5 Å². The van der Waals surface area contributed by atoms with Crippen LogP contribution in [0.4, 0.5) is 4.79 Å². The first-order valence-electron chi connectivity index (χ1n) is 7.48. The number of amides is 2. The summed E-state index contributed by atoms with van der Waals surface area (Å²) in [6.07, 6.45) is 2.62. The smallest absolute Gasteiger partial charge is 0.338 e. The summed E-state index contributed by atoms with van der Waals surface area (Å²) in [5.41, 5.74) is 0.408. The zero-order valence-corrected chi connectivity index (χ0v) is 15.2. The highest BCUT2D eigenvalue weighted by Gasteiger charge is 2.30. The Morgan fingerprint density at radius 1 is 1.36 bits per heavy atom. The van der Waals surface area contributed by atoms with Crippen molar-refractivity contribution in [2.24, 2.45) is 0 Å². The molecule has 0 fully saturated rings. The Morgan fingerprint density at radius 3 is 2.76 bits per heavy atom. The molecule has 0 radical (unpaired) electrons. The molecule has 25 heavy (non-hydrogen) atoms. The summed E-state index contributed by atoms with van der Waals surface area (Å²) < 4.78 is 15.8. The van der Waals surface area contributed by atoms with Gasteiger partial charge in [-0.1, -0.05) is 0 Å². The average molecular weight is 413 g/mol. The first kappa shape index (κ1) is 18.8. The van der Waals surface area contributed by atoms with E-state index in [1.54, 1.807) is 26.0 Å². The van der Waals surface area contributed by atoms with Crippen LogP contribution >= 0.6 is 15.9 Å². The van der Waals surface area contributed by atoms with E-state index in [2.05, 4.69) is 26.6 Å². The molecule has 2 heterocycles. The van der Waals surface area contributed by atoms with Crippen LogP contribution in [0.25, 0.3) is 6.08 Å². The molecule has 1 aliphatic heterocycles. The molecule has 0 spiro atoms. The van der Waals surface area contributed by atoms with Crippen LogP contribution in [0.15, 0.2) is 38.6 Å². The Kier molecular flexibility index (Phi) is 6.40. The fraction of sp³-hybridized carbons (Fsp3) is 0.312. The van der Waals surface area contributed by atoms with Crippen molar-refractivity contribution in [2.45, 2.75) is 19.9 Å². The number of halogens is 1. The quantitative estimate of drug-likeness (QED) is 0.547. The van der Waals surface area contributed by atoms with Crippen LogP contribution in [0, 0.1) is 0 Å². The normalized spacial score (nSPS) is 17.2. The number of hydrogen-bond donors (Lipinski definition) is 2. The summed E-state index contributed by atoms with van der Waals surface area (Å²) in [4.78, 5) is 35.4. The largest absolute Gasteiger partial charge is 0.463 e. The monoisotopic (exact) mass is 412 g/mol. The Hall–Kier alpha value is -2.55. The van der Waals surface area contributed by atoms with Crippen molar-refractivity contribution in [1.29, 1.82) is 0 Å². The van der Waals surface area contributed by atoms with E-state index >= 15 is 0 Å². The Morgan fingerprint density at radius 2 is 2.12 bits per heavy atom. The molecule has 1 atom stereocenters. The predicted octanol–water partition coefficient (Wildman–Crippen LogP) is 2.12. The zero-order valence-electron chi connectivity index (χ0n) is 13.6. The fourth-order valence-corrected chi connectivity index (χ4v) is 2.47. The van der Waals surface area contributed by atoms with Gasteiger partial charge in [-0.25, -0.2) is 14.4 Å². The minimum Gasteiger partial charge on any atom is -0.463 e. The van der Waals surface area contributed by atoms with Crippen LogP contribution in [0.3, 0.4) is 0 Å². The number of furan rings is 1. The Labute approximate surface area is 152 Å². The molecule has 1 aliphatic rings. The zero-order chi connectivity index (χ0) is 18.4. The van der Waals surface area contributed by atoms with E-state index in [0.29, 0.717) is 10.4 Å². The molecule has 0 bridgehead atoms. The van der Waals surface area contributed by atoms with Crippen molar-refractivity contribution < 1.29 is 28.3 Å². The molecule has 0 aliphatic carbocycles. The summed E-state index contributed by atoms with van der Waals surface area (Å²) >= 11 is 3.15. The van der Waals surface area contributed by atoms with Gasteiger partial charge in [0.2, 0.25) is 0 Å². The lowest BCUT2D eigenvalue weighted by Crippen LogP contribution is -2.50. The van der Waals surface area contributed by atoms with Crippen molar-refractivity contribution in [3.8, 4) is 0 Å². The third kappa shape index (κ3) is 5.21. The maximum absolute atomic E-state index is 12.0. The number of carbonyl (C=O) groups excluding carboxylic acids is 3. The summed E-state index contributed by atoms with van der Waals surface area (Å²) in [5, 5.41) is 5.03. The van der Waals surface area contributed by atoms with Gasteiger partial charge in [0.1, 0.15) is 12.4 Å². The Bertz CT molecular complexity index is 737. The third-order valence-electron chi connectivity index (χ3n) is 3.20. The van der Waals surface area contributed by atoms with Crippen molar-refractivity contribution in [1.82, 2.24) is 10.6 Å². The molecule has 0 saturated carbocycles. The molecule has 0 saturated heterocycles. The van der Waals surface area contributed by atoms with Gasteiger partial charge in [-0.3, -0.25) is 0 Å². The van der Waals surface area contributed by atoms with Crippen LogP contribution in [0.5, 0.6) is 0 Å². The van der Waals surface area contributed by atoms with Gasteiger partial charge in [-0.05, 0) is 48.0 Å². The lowest BCUT2D eigenvalue weighted by Gasteiger charge is -2.26. The van der Waals surface area contributed by atoms with Gasteiger partial charge < -0.3 is 24.5 Å². The van der Waals surface area contributed by atoms with Gasteiger partial charge in [-0.15, -0.1) is 0 Å². The van der Waals surface area contributed by atoms with Crippen LogP contribution in [0.2, 0.25) is 0 Å². The number of urea groups is 1. The molecular weight excluding hydrogens is 396 g/mol. The van der Waals surface area contributed by atoms with Gasteiger partial charge in [0.25, 0.3) is 0 Å². The van der Waals surface area contributed by atoms with E-state index in [4.69, 9.17) is 13.9 Å². The summed E-state index contributed by atoms with van der Waals surface area (Å²) in [6.45, 7) is 3.24. The standard InChI is InChI=1S/C16H17BrN2O6/c1-3-23-15(21)14-9(2)18-16(22)19-11(14)8-24-13(20)7-5-10-4-6-12(17)25-10/h4-7,9H,3,8H2,1-2H3,(H2,18,19,22)/b7-5-/t9-/m1/s1. The fourth-order valence-electron chi connectivity index (χ4n) is 2.15. The number of nitrogens with one attached hydrogen (secondary N) is 2. The second-order valence-corrected chi connectivity index (χ2v) is 5.80. The van der Waals surface area contributed by atoms with Crippen LogP contribution in [-0.2, 0) is 19.1 Å². The van der Waals surface area contributed by atoms with E-state index in [1.165, 1.54) is 12.2 Å². The van der Waals surface area contributed by atoms with Crippen LogP contribution in [0.1, 0.15) is 19.6 Å². The van der Waals surface area contributed by atoms with Gasteiger partial charge in [0.05, 0.1) is 23.9 Å². The van der Waals surface area contributed by atoms with Gasteiger partial charge >= 0.3 is 18.0 Å². The lowest BCUT2D eigenvalue weighted by atomic mass is 10.0. The second-order valence-electron chi connectivity index (χ2n) is 5.02. The van der Waals surface area contributed by atoms with Crippen molar-refractivity contribution in [3.63, 3.8) is 0 Å². The van der Waals surface area contributed by atoms with Crippen LogP contribution < -0.4 is 10.6 Å². The maximum atomic E-state index is 12.0. The number of carbonyl (C=O) groups is 3. The SMILES string of the molecule is CCOC(=O)C1=C(COC(=O)/C=C\c2ccc(Br)o2)NC(=O)N[C@@H]1C. The van der Waals surface area contributed by atoms with Crippen molar-refractivity contribution in [2.75, 3.05) is 13.2 Å². The van der Waals surface area contributed by atoms with Crippen LogP contribution in [-0.4, -0.2) is 37.2 Å².